The summed E-state index contributed by atoms with van der Waals surface area (Å²) in [5, 5.41) is 9.53. The van der Waals surface area contributed by atoms with Crippen molar-refractivity contribution in [2.45, 2.75) is 0 Å². The van der Waals surface area contributed by atoms with Crippen molar-refractivity contribution >= 4 is 109 Å². The summed E-state index contributed by atoms with van der Waals surface area (Å²) in [6, 6.07) is 151. The molecule has 2 heterocycles. The molecule has 0 amide bonds. The second-order valence-electron chi connectivity index (χ2n) is 28.0. The van der Waals surface area contributed by atoms with Gasteiger partial charge in [-0.1, -0.05) is 279 Å². The van der Waals surface area contributed by atoms with E-state index in [2.05, 4.69) is 416 Å². The maximum atomic E-state index is 6.81. The first kappa shape index (κ1) is 63.8. The Balaban J connectivity index is 0.623. The van der Waals surface area contributed by atoms with Crippen molar-refractivity contribution in [1.82, 2.24) is 0 Å². The number of hydrogen-bond acceptors (Lipinski definition) is 4. The Morgan fingerprint density at radius 3 is 1.06 bits per heavy atom. The molecule has 506 valence electrons. The van der Waals surface area contributed by atoms with Crippen LogP contribution < -0.4 is 9.80 Å². The molecule has 0 aliphatic carbocycles. The maximum absolute atomic E-state index is 6.81. The number of thiophene rings is 1. The summed E-state index contributed by atoms with van der Waals surface area (Å²) in [7, 11) is 0. The lowest BCUT2D eigenvalue weighted by molar-refractivity contribution is 0.669. The molecule has 0 unspecified atom stereocenters. The molecule has 0 fully saturated rings. The molecule has 0 spiro atoms. The number of nitrogens with zero attached hydrogens (tertiary/aromatic N) is 2. The number of fused-ring (bicyclic) bond motifs is 8. The van der Waals surface area contributed by atoms with Crippen LogP contribution in [0.1, 0.15) is 0 Å². The van der Waals surface area contributed by atoms with Crippen molar-refractivity contribution in [1.29, 1.82) is 0 Å². The van der Waals surface area contributed by atoms with Gasteiger partial charge in [-0.05, 0) is 255 Å². The van der Waals surface area contributed by atoms with E-state index in [9.17, 15) is 0 Å². The molecule has 4 heteroatoms. The van der Waals surface area contributed by atoms with Crippen molar-refractivity contribution in [3.05, 3.63) is 413 Å². The van der Waals surface area contributed by atoms with E-state index >= 15 is 0 Å². The molecule has 0 saturated heterocycles. The second-order valence-corrected chi connectivity index (χ2v) is 29.0. The molecule has 20 aromatic rings. The Bertz CT molecular complexity index is 6740. The summed E-state index contributed by atoms with van der Waals surface area (Å²) in [6.07, 6.45) is 0. The van der Waals surface area contributed by atoms with Crippen LogP contribution in [0.2, 0.25) is 0 Å². The van der Waals surface area contributed by atoms with Crippen molar-refractivity contribution in [3.8, 4) is 100 Å². The van der Waals surface area contributed by atoms with E-state index in [-0.39, 0.29) is 0 Å². The number of anilines is 6. The van der Waals surface area contributed by atoms with Gasteiger partial charge in [0.25, 0.3) is 0 Å². The number of furan rings is 1. The highest BCUT2D eigenvalue weighted by Crippen LogP contribution is 2.48. The van der Waals surface area contributed by atoms with Crippen molar-refractivity contribution in [2.75, 3.05) is 9.80 Å². The zero-order valence-electron chi connectivity index (χ0n) is 59.0. The Morgan fingerprint density at radius 1 is 0.185 bits per heavy atom. The lowest BCUT2D eigenvalue weighted by Gasteiger charge is -2.27. The molecule has 18 aromatic carbocycles. The minimum Gasteiger partial charge on any atom is -0.454 e. The molecule has 0 bridgehead atoms. The summed E-state index contributed by atoms with van der Waals surface area (Å²) in [5.41, 5.74) is 28.9. The fourth-order valence-corrected chi connectivity index (χ4v) is 17.1. The minimum atomic E-state index is 0.840. The van der Waals surface area contributed by atoms with Crippen molar-refractivity contribution in [2.24, 2.45) is 0 Å². The van der Waals surface area contributed by atoms with Gasteiger partial charge in [0, 0.05) is 49.0 Å². The molecule has 0 aliphatic rings. The quantitative estimate of drug-likeness (QED) is 0.102. The van der Waals surface area contributed by atoms with Gasteiger partial charge in [0.2, 0.25) is 0 Å². The first-order valence-corrected chi connectivity index (χ1v) is 37.7. The third kappa shape index (κ3) is 12.0. The average molecular weight is 1390 g/mol. The number of hydrogen-bond donors (Lipinski definition) is 0. The van der Waals surface area contributed by atoms with Gasteiger partial charge in [0.1, 0.15) is 5.58 Å². The Hall–Kier alpha value is -13.9. The van der Waals surface area contributed by atoms with E-state index < -0.39 is 0 Å². The van der Waals surface area contributed by atoms with Crippen molar-refractivity contribution in [3.63, 3.8) is 0 Å². The lowest BCUT2D eigenvalue weighted by atomic mass is 9.91. The third-order valence-electron chi connectivity index (χ3n) is 21.3. The van der Waals surface area contributed by atoms with Crippen molar-refractivity contribution < 1.29 is 4.42 Å². The molecule has 0 radical (unpaired) electrons. The van der Waals surface area contributed by atoms with Crippen LogP contribution in [0.3, 0.4) is 0 Å². The standard InChI is InChI=1S/C104H68N2OS/c1-4-21-69(22-5-1)85-61-86(70-23-6-2-7-24-70)63-88(62-85)73-49-53-91(54-50-73)105(99-39-19-37-97-95-35-12-14-41-101(95)107-103(97)99)93-33-17-31-78(67-93)82-46-48-83-59-80(45-47-84(83)60-82)76-29-16-30-77(58-76)90-65-87(71-25-8-3-9-26-71)64-89(66-90)74-51-55-92(56-52-74)106(100-40-20-38-98-96-36-13-15-42-102(96)108-104(98)100)94-34-18-32-79(68-94)81-44-43-72-27-10-11-28-75(72)57-81/h1-68H. The maximum Gasteiger partial charge on any atom is 0.159 e. The van der Waals surface area contributed by atoms with E-state index in [1.165, 1.54) is 80.7 Å². The summed E-state index contributed by atoms with van der Waals surface area (Å²) < 4.78 is 9.35. The van der Waals surface area contributed by atoms with Gasteiger partial charge in [0.05, 0.1) is 16.1 Å². The van der Waals surface area contributed by atoms with Crippen LogP contribution in [-0.4, -0.2) is 0 Å². The van der Waals surface area contributed by atoms with Gasteiger partial charge in [-0.25, -0.2) is 0 Å². The molecule has 0 atom stereocenters. The smallest absolute Gasteiger partial charge is 0.159 e. The molecule has 20 rings (SSSR count). The Kier molecular flexibility index (Phi) is 16.1. The van der Waals surface area contributed by atoms with Gasteiger partial charge in [-0.15, -0.1) is 11.3 Å². The minimum absolute atomic E-state index is 0.840. The zero-order valence-corrected chi connectivity index (χ0v) is 59.8. The summed E-state index contributed by atoms with van der Waals surface area (Å²) >= 11 is 1.86. The van der Waals surface area contributed by atoms with E-state index in [4.69, 9.17) is 4.42 Å². The highest BCUT2D eigenvalue weighted by molar-refractivity contribution is 7.26. The molecule has 3 nitrogen and oxygen atoms in total. The molecule has 0 saturated carbocycles. The average Bonchev–Trinajstić information content (AvgIpc) is 1.55. The number of rotatable bonds is 15. The normalized spacial score (nSPS) is 11.5. The van der Waals surface area contributed by atoms with E-state index in [1.54, 1.807) is 0 Å². The zero-order chi connectivity index (χ0) is 71.4. The summed E-state index contributed by atoms with van der Waals surface area (Å²) in [4.78, 5) is 4.80. The predicted octanol–water partition coefficient (Wildman–Crippen LogP) is 30.2. The van der Waals surface area contributed by atoms with Gasteiger partial charge < -0.3 is 14.2 Å². The summed E-state index contributed by atoms with van der Waals surface area (Å²) in [6.45, 7) is 0. The van der Waals surface area contributed by atoms with Crippen LogP contribution in [0.25, 0.3) is 164 Å². The van der Waals surface area contributed by atoms with Gasteiger partial charge >= 0.3 is 0 Å². The van der Waals surface area contributed by atoms with E-state index in [0.717, 1.165) is 117 Å². The molecule has 0 N–H and O–H groups in total. The highest BCUT2D eigenvalue weighted by Gasteiger charge is 2.23. The van der Waals surface area contributed by atoms with Gasteiger partial charge in [-0.3, -0.25) is 0 Å². The second kappa shape index (κ2) is 27.3. The topological polar surface area (TPSA) is 19.6 Å². The van der Waals surface area contributed by atoms with Crippen LogP contribution in [0.15, 0.2) is 417 Å². The molecule has 108 heavy (non-hydrogen) atoms. The molecule has 0 aliphatic heterocycles. The van der Waals surface area contributed by atoms with Crippen LogP contribution in [0, 0.1) is 0 Å². The highest BCUT2D eigenvalue weighted by atomic mass is 32.1. The molecule has 2 aromatic heterocycles. The first-order chi connectivity index (χ1) is 53.5. The Morgan fingerprint density at radius 2 is 0.519 bits per heavy atom. The number of para-hydroxylation sites is 2. The fourth-order valence-electron chi connectivity index (χ4n) is 15.9. The lowest BCUT2D eigenvalue weighted by Crippen LogP contribution is -2.10. The first-order valence-electron chi connectivity index (χ1n) is 36.9. The fraction of sp³-hybridized carbons (Fsp3) is 0. The predicted molar refractivity (Wildman–Crippen MR) is 460 cm³/mol. The van der Waals surface area contributed by atoms with Crippen LogP contribution in [0.5, 0.6) is 0 Å². The van der Waals surface area contributed by atoms with Gasteiger partial charge in [0.15, 0.2) is 5.58 Å². The molecular formula is C104H68N2OS. The van der Waals surface area contributed by atoms with E-state index in [1.807, 2.05) is 17.4 Å². The Labute approximate surface area is 631 Å². The SMILES string of the molecule is c1ccc(-c2cc(-c3ccccc3)cc(-c3ccc(N(c4cccc(-c5ccc6cc(-c7cccc(-c8cc(-c9ccccc9)cc(-c9ccc(N(c%10cccc(-c%11ccc%12ccccc%12c%11)c%10)c%10cccc%11c%10sc%10ccccc%10%11)cc9)c8)c7)ccc6c5)c4)c4cccc5c4oc4ccccc45)cc3)c2)cc1. The van der Waals surface area contributed by atoms with Gasteiger partial charge in [-0.2, -0.15) is 0 Å². The van der Waals surface area contributed by atoms with Crippen LogP contribution in [0.4, 0.5) is 34.1 Å². The third-order valence-corrected chi connectivity index (χ3v) is 22.6. The largest absolute Gasteiger partial charge is 0.454 e. The van der Waals surface area contributed by atoms with E-state index in [0.29, 0.717) is 0 Å². The van der Waals surface area contributed by atoms with Crippen LogP contribution >= 0.6 is 11.3 Å². The summed E-state index contributed by atoms with van der Waals surface area (Å²) in [5.74, 6) is 0. The number of benzene rings is 18. The van der Waals surface area contributed by atoms with Crippen LogP contribution in [-0.2, 0) is 0 Å². The monoisotopic (exact) mass is 1390 g/mol. The molecular weight excluding hydrogens is 1330 g/mol.